The molecule has 102 valence electrons. The number of nitrogens with two attached hydrogens (primary N) is 1. The first kappa shape index (κ1) is 15.5. The lowest BCUT2D eigenvalue weighted by Gasteiger charge is -2.26. The molecule has 0 bridgehead atoms. The van der Waals surface area contributed by atoms with Crippen LogP contribution in [-0.2, 0) is 11.2 Å². The first-order chi connectivity index (χ1) is 8.13. The Hall–Kier alpha value is -0.580. The maximum absolute atomic E-state index is 11.8. The van der Waals surface area contributed by atoms with E-state index >= 15 is 0 Å². The molecule has 2 rings (SSSR count). The minimum absolute atomic E-state index is 0. The molecule has 1 aromatic rings. The average molecular weight is 289 g/mol. The van der Waals surface area contributed by atoms with Gasteiger partial charge in [0.2, 0.25) is 5.91 Å². The predicted octanol–water partition coefficient (Wildman–Crippen LogP) is 2.41. The lowest BCUT2D eigenvalue weighted by Crippen LogP contribution is -2.40. The van der Waals surface area contributed by atoms with Crippen LogP contribution in [0.3, 0.4) is 0 Å². The van der Waals surface area contributed by atoms with Gasteiger partial charge in [-0.3, -0.25) is 4.79 Å². The summed E-state index contributed by atoms with van der Waals surface area (Å²) in [5.41, 5.74) is 5.84. The van der Waals surface area contributed by atoms with Crippen molar-refractivity contribution in [1.82, 2.24) is 5.32 Å². The van der Waals surface area contributed by atoms with Crippen molar-refractivity contribution < 1.29 is 4.79 Å². The molecule has 0 radical (unpaired) electrons. The SMILES string of the molecule is Cc1ccc(CC(=O)NC2CCC(N)CC2)s1.Cl. The van der Waals surface area contributed by atoms with E-state index in [1.165, 1.54) is 4.88 Å². The summed E-state index contributed by atoms with van der Waals surface area (Å²) in [5, 5.41) is 3.11. The number of aryl methyl sites for hydroxylation is 1. The van der Waals surface area contributed by atoms with Crippen molar-refractivity contribution in [2.45, 2.75) is 51.1 Å². The second-order valence-electron chi connectivity index (χ2n) is 4.87. The Balaban J connectivity index is 0.00000162. The molecule has 1 aliphatic rings. The molecule has 1 aliphatic carbocycles. The number of carbonyl (C=O) groups excluding carboxylic acids is 1. The van der Waals surface area contributed by atoms with Crippen LogP contribution in [0.5, 0.6) is 0 Å². The van der Waals surface area contributed by atoms with Gasteiger partial charge in [0, 0.05) is 21.8 Å². The predicted molar refractivity (Wildman–Crippen MR) is 78.4 cm³/mol. The Bertz CT molecular complexity index is 386. The molecule has 0 unspecified atom stereocenters. The van der Waals surface area contributed by atoms with E-state index in [4.69, 9.17) is 5.73 Å². The summed E-state index contributed by atoms with van der Waals surface area (Å²) in [6.45, 7) is 2.06. The highest BCUT2D eigenvalue weighted by Gasteiger charge is 2.20. The standard InChI is InChI=1S/C13H20N2OS.ClH/c1-9-2-7-12(17-9)8-13(16)15-11-5-3-10(14)4-6-11;/h2,7,10-11H,3-6,8,14H2,1H3,(H,15,16);1H. The summed E-state index contributed by atoms with van der Waals surface area (Å²) < 4.78 is 0. The molecule has 0 aliphatic heterocycles. The van der Waals surface area contributed by atoms with E-state index in [2.05, 4.69) is 18.3 Å². The number of amides is 1. The smallest absolute Gasteiger partial charge is 0.225 e. The molecule has 3 N–H and O–H groups in total. The van der Waals surface area contributed by atoms with Crippen molar-refractivity contribution in [3.8, 4) is 0 Å². The summed E-state index contributed by atoms with van der Waals surface area (Å²) in [6, 6.07) is 4.77. The molecular formula is C13H21ClN2OS. The number of rotatable bonds is 3. The monoisotopic (exact) mass is 288 g/mol. The number of halogens is 1. The van der Waals surface area contributed by atoms with E-state index in [1.807, 2.05) is 6.07 Å². The third-order valence-corrected chi connectivity index (χ3v) is 4.27. The van der Waals surface area contributed by atoms with Crippen LogP contribution in [0.2, 0.25) is 0 Å². The van der Waals surface area contributed by atoms with Gasteiger partial charge in [0.05, 0.1) is 6.42 Å². The van der Waals surface area contributed by atoms with Gasteiger partial charge in [0.25, 0.3) is 0 Å². The summed E-state index contributed by atoms with van der Waals surface area (Å²) in [6.07, 6.45) is 4.62. The second kappa shape index (κ2) is 7.12. The fraction of sp³-hybridized carbons (Fsp3) is 0.615. The van der Waals surface area contributed by atoms with Gasteiger partial charge in [-0.2, -0.15) is 0 Å². The first-order valence-corrected chi connectivity index (χ1v) is 7.05. The van der Waals surface area contributed by atoms with Gasteiger partial charge in [-0.15, -0.1) is 23.7 Å². The molecule has 3 nitrogen and oxygen atoms in total. The van der Waals surface area contributed by atoms with Crippen LogP contribution >= 0.6 is 23.7 Å². The normalized spacial score (nSPS) is 23.2. The van der Waals surface area contributed by atoms with Crippen LogP contribution < -0.4 is 11.1 Å². The molecule has 0 spiro atoms. The summed E-state index contributed by atoms with van der Waals surface area (Å²) in [7, 11) is 0. The number of carbonyl (C=O) groups is 1. The molecule has 1 aromatic heterocycles. The number of thiophene rings is 1. The average Bonchev–Trinajstić information content (AvgIpc) is 2.67. The quantitative estimate of drug-likeness (QED) is 0.897. The Kier molecular flexibility index (Phi) is 6.12. The Labute approximate surface area is 119 Å². The van der Waals surface area contributed by atoms with E-state index in [0.717, 1.165) is 30.6 Å². The molecule has 0 aromatic carbocycles. The molecule has 1 fully saturated rings. The summed E-state index contributed by atoms with van der Waals surface area (Å²) in [4.78, 5) is 14.2. The van der Waals surface area contributed by atoms with Gasteiger partial charge in [0.15, 0.2) is 0 Å². The molecule has 0 saturated heterocycles. The van der Waals surface area contributed by atoms with Crippen molar-refractivity contribution in [2.75, 3.05) is 0 Å². The second-order valence-corrected chi connectivity index (χ2v) is 6.24. The summed E-state index contributed by atoms with van der Waals surface area (Å²) in [5.74, 6) is 0.146. The zero-order valence-corrected chi connectivity index (χ0v) is 12.3. The van der Waals surface area contributed by atoms with Crippen LogP contribution in [-0.4, -0.2) is 18.0 Å². The van der Waals surface area contributed by atoms with Gasteiger partial charge >= 0.3 is 0 Å². The maximum atomic E-state index is 11.8. The Morgan fingerprint density at radius 1 is 1.39 bits per heavy atom. The lowest BCUT2D eigenvalue weighted by atomic mass is 9.92. The zero-order valence-electron chi connectivity index (χ0n) is 10.6. The van der Waals surface area contributed by atoms with Gasteiger partial charge in [-0.25, -0.2) is 0 Å². The summed E-state index contributed by atoms with van der Waals surface area (Å²) >= 11 is 1.70. The third-order valence-electron chi connectivity index (χ3n) is 3.27. The Morgan fingerprint density at radius 3 is 2.61 bits per heavy atom. The van der Waals surface area contributed by atoms with Crippen LogP contribution in [0.4, 0.5) is 0 Å². The van der Waals surface area contributed by atoms with Crippen molar-refractivity contribution in [2.24, 2.45) is 5.73 Å². The Morgan fingerprint density at radius 2 is 2.06 bits per heavy atom. The molecule has 18 heavy (non-hydrogen) atoms. The number of hydrogen-bond donors (Lipinski definition) is 2. The van der Waals surface area contributed by atoms with Gasteiger partial charge in [-0.05, 0) is 44.7 Å². The highest BCUT2D eigenvalue weighted by Crippen LogP contribution is 2.18. The van der Waals surface area contributed by atoms with E-state index in [9.17, 15) is 4.79 Å². The number of nitrogens with one attached hydrogen (secondary N) is 1. The van der Waals surface area contributed by atoms with Gasteiger partial charge in [0.1, 0.15) is 0 Å². The molecular weight excluding hydrogens is 268 g/mol. The van der Waals surface area contributed by atoms with E-state index in [1.54, 1.807) is 11.3 Å². The van der Waals surface area contributed by atoms with Gasteiger partial charge in [-0.1, -0.05) is 0 Å². The molecule has 1 amide bonds. The van der Waals surface area contributed by atoms with Crippen molar-refractivity contribution in [3.05, 3.63) is 21.9 Å². The molecule has 1 heterocycles. The molecule has 1 saturated carbocycles. The topological polar surface area (TPSA) is 55.1 Å². The minimum Gasteiger partial charge on any atom is -0.353 e. The minimum atomic E-state index is 0. The number of hydrogen-bond acceptors (Lipinski definition) is 3. The van der Waals surface area contributed by atoms with E-state index < -0.39 is 0 Å². The van der Waals surface area contributed by atoms with Crippen LogP contribution in [0, 0.1) is 6.92 Å². The van der Waals surface area contributed by atoms with Gasteiger partial charge < -0.3 is 11.1 Å². The van der Waals surface area contributed by atoms with Crippen LogP contribution in [0.1, 0.15) is 35.4 Å². The fourth-order valence-corrected chi connectivity index (χ4v) is 3.17. The van der Waals surface area contributed by atoms with Crippen molar-refractivity contribution >= 4 is 29.7 Å². The largest absolute Gasteiger partial charge is 0.353 e. The van der Waals surface area contributed by atoms with Crippen LogP contribution in [0.25, 0.3) is 0 Å². The highest BCUT2D eigenvalue weighted by atomic mass is 35.5. The zero-order chi connectivity index (χ0) is 12.3. The lowest BCUT2D eigenvalue weighted by molar-refractivity contribution is -0.121. The van der Waals surface area contributed by atoms with E-state index in [0.29, 0.717) is 18.5 Å². The molecule has 0 atom stereocenters. The first-order valence-electron chi connectivity index (χ1n) is 6.24. The fourth-order valence-electron chi connectivity index (χ4n) is 2.28. The van der Waals surface area contributed by atoms with Crippen molar-refractivity contribution in [3.63, 3.8) is 0 Å². The van der Waals surface area contributed by atoms with Crippen LogP contribution in [0.15, 0.2) is 12.1 Å². The maximum Gasteiger partial charge on any atom is 0.225 e. The molecule has 5 heteroatoms. The third kappa shape index (κ3) is 4.59. The van der Waals surface area contributed by atoms with Crippen molar-refractivity contribution in [1.29, 1.82) is 0 Å². The highest BCUT2D eigenvalue weighted by molar-refractivity contribution is 7.12. The van der Waals surface area contributed by atoms with E-state index in [-0.39, 0.29) is 18.3 Å².